The lowest BCUT2D eigenvalue weighted by atomic mass is 9.97. The van der Waals surface area contributed by atoms with E-state index < -0.39 is 30.0 Å². The van der Waals surface area contributed by atoms with Crippen molar-refractivity contribution in [3.63, 3.8) is 0 Å². The van der Waals surface area contributed by atoms with Crippen LogP contribution in [0.15, 0.2) is 30.3 Å². The molecule has 0 bridgehead atoms. The molecule has 0 aromatic heterocycles. The van der Waals surface area contributed by atoms with Gasteiger partial charge in [-0.1, -0.05) is 58.0 Å². The van der Waals surface area contributed by atoms with E-state index in [9.17, 15) is 19.5 Å². The topological polar surface area (TPSA) is 117 Å². The summed E-state index contributed by atoms with van der Waals surface area (Å²) in [5.41, 5.74) is 3.15. The minimum absolute atomic E-state index is 0.146. The number of rotatable bonds is 11. The fraction of sp³-hybridized carbons (Fsp3) is 0.571. The molecule has 0 aliphatic carbocycles. The standard InChI is InChI=1S/C21H33N3O5/c1-13(2)11-17(22-15(5)25)20(27)23-18(19(26)14(3)4)21(28)24-29-12-16-9-7-6-8-10-16/h6-10,13-14,17-19,26H,11-12H2,1-5H3,(H,22,25)(H,23,27)(H,24,28)/t17-,18+,19-/m1/s1. The zero-order chi connectivity index (χ0) is 22.0. The molecule has 3 amide bonds. The molecule has 0 saturated carbocycles. The predicted octanol–water partition coefficient (Wildman–Crippen LogP) is 1.29. The molecule has 0 fully saturated rings. The maximum Gasteiger partial charge on any atom is 0.268 e. The maximum atomic E-state index is 12.7. The summed E-state index contributed by atoms with van der Waals surface area (Å²) in [5.74, 6) is -1.68. The highest BCUT2D eigenvalue weighted by Crippen LogP contribution is 2.10. The van der Waals surface area contributed by atoms with E-state index >= 15 is 0 Å². The van der Waals surface area contributed by atoms with Crippen molar-refractivity contribution in [2.45, 2.75) is 65.8 Å². The Morgan fingerprint density at radius 3 is 2.14 bits per heavy atom. The molecule has 8 heteroatoms. The van der Waals surface area contributed by atoms with Gasteiger partial charge < -0.3 is 15.7 Å². The Hall–Kier alpha value is -2.45. The van der Waals surface area contributed by atoms with Gasteiger partial charge in [0.05, 0.1) is 12.7 Å². The third-order valence-corrected chi connectivity index (χ3v) is 4.26. The molecular formula is C21H33N3O5. The third-order valence-electron chi connectivity index (χ3n) is 4.26. The smallest absolute Gasteiger partial charge is 0.268 e. The molecule has 0 radical (unpaired) electrons. The van der Waals surface area contributed by atoms with Gasteiger partial charge in [-0.05, 0) is 23.8 Å². The normalized spacial score (nSPS) is 14.2. The molecule has 1 rings (SSSR count). The van der Waals surface area contributed by atoms with E-state index in [1.165, 1.54) is 6.92 Å². The number of hydroxylamine groups is 1. The molecule has 162 valence electrons. The highest BCUT2D eigenvalue weighted by Gasteiger charge is 2.33. The van der Waals surface area contributed by atoms with Gasteiger partial charge in [0, 0.05) is 6.92 Å². The van der Waals surface area contributed by atoms with Crippen molar-refractivity contribution in [2.75, 3.05) is 0 Å². The van der Waals surface area contributed by atoms with Crippen molar-refractivity contribution in [2.24, 2.45) is 11.8 Å². The van der Waals surface area contributed by atoms with E-state index in [-0.39, 0.29) is 24.3 Å². The van der Waals surface area contributed by atoms with Gasteiger partial charge in [0.25, 0.3) is 5.91 Å². The predicted molar refractivity (Wildman–Crippen MR) is 109 cm³/mol. The number of aliphatic hydroxyl groups is 1. The summed E-state index contributed by atoms with van der Waals surface area (Å²) in [4.78, 5) is 41.9. The lowest BCUT2D eigenvalue weighted by molar-refractivity contribution is -0.143. The summed E-state index contributed by atoms with van der Waals surface area (Å²) < 4.78 is 0. The van der Waals surface area contributed by atoms with Crippen LogP contribution in [0, 0.1) is 11.8 Å². The number of carbonyl (C=O) groups is 3. The van der Waals surface area contributed by atoms with Gasteiger partial charge in [-0.25, -0.2) is 5.48 Å². The number of amides is 3. The summed E-state index contributed by atoms with van der Waals surface area (Å²) in [7, 11) is 0. The lowest BCUT2D eigenvalue weighted by Gasteiger charge is -2.28. The molecule has 1 aromatic carbocycles. The largest absolute Gasteiger partial charge is 0.390 e. The highest BCUT2D eigenvalue weighted by atomic mass is 16.7. The first-order valence-electron chi connectivity index (χ1n) is 9.82. The SMILES string of the molecule is CC(=O)N[C@H](CC(C)C)C(=O)N[C@H](C(=O)NOCc1ccccc1)[C@H](O)C(C)C. The van der Waals surface area contributed by atoms with E-state index in [0.29, 0.717) is 6.42 Å². The fourth-order valence-corrected chi connectivity index (χ4v) is 2.72. The van der Waals surface area contributed by atoms with Crippen molar-refractivity contribution in [1.29, 1.82) is 0 Å². The van der Waals surface area contributed by atoms with Crippen molar-refractivity contribution in [1.82, 2.24) is 16.1 Å². The van der Waals surface area contributed by atoms with Crippen molar-refractivity contribution in [3.8, 4) is 0 Å². The summed E-state index contributed by atoms with van der Waals surface area (Å²) in [6, 6.07) is 7.24. The Balaban J connectivity index is 2.80. The Morgan fingerprint density at radius 2 is 1.62 bits per heavy atom. The van der Waals surface area contributed by atoms with Crippen LogP contribution in [0.1, 0.15) is 46.6 Å². The second-order valence-corrected chi connectivity index (χ2v) is 7.84. The van der Waals surface area contributed by atoms with Crippen LogP contribution in [0.5, 0.6) is 0 Å². The van der Waals surface area contributed by atoms with Gasteiger partial charge in [0.2, 0.25) is 11.8 Å². The van der Waals surface area contributed by atoms with Gasteiger partial charge in [-0.15, -0.1) is 0 Å². The summed E-state index contributed by atoms with van der Waals surface area (Å²) in [6.45, 7) is 8.79. The molecule has 8 nitrogen and oxygen atoms in total. The van der Waals surface area contributed by atoms with Gasteiger partial charge >= 0.3 is 0 Å². The quantitative estimate of drug-likeness (QED) is 0.413. The van der Waals surface area contributed by atoms with E-state index in [1.54, 1.807) is 13.8 Å². The number of benzene rings is 1. The maximum absolute atomic E-state index is 12.7. The van der Waals surface area contributed by atoms with E-state index in [2.05, 4.69) is 16.1 Å². The summed E-state index contributed by atoms with van der Waals surface area (Å²) in [5, 5.41) is 15.6. The van der Waals surface area contributed by atoms with Crippen LogP contribution in [0.25, 0.3) is 0 Å². The molecule has 0 unspecified atom stereocenters. The first-order valence-corrected chi connectivity index (χ1v) is 9.82. The molecule has 0 saturated heterocycles. The molecule has 0 aliphatic rings. The molecular weight excluding hydrogens is 374 g/mol. The van der Waals surface area contributed by atoms with E-state index in [4.69, 9.17) is 4.84 Å². The van der Waals surface area contributed by atoms with Crippen LogP contribution >= 0.6 is 0 Å². The Morgan fingerprint density at radius 1 is 1.00 bits per heavy atom. The Bertz CT molecular complexity index is 664. The number of nitrogens with one attached hydrogen (secondary N) is 3. The lowest BCUT2D eigenvalue weighted by Crippen LogP contribution is -2.58. The Kier molecular flexibility index (Phi) is 10.3. The number of carbonyl (C=O) groups excluding carboxylic acids is 3. The van der Waals surface area contributed by atoms with Gasteiger partial charge in [0.1, 0.15) is 12.1 Å². The van der Waals surface area contributed by atoms with Crippen LogP contribution in [-0.4, -0.2) is 41.0 Å². The van der Waals surface area contributed by atoms with Crippen LogP contribution in [0.4, 0.5) is 0 Å². The van der Waals surface area contributed by atoms with Gasteiger partial charge in [-0.2, -0.15) is 0 Å². The van der Waals surface area contributed by atoms with E-state index in [0.717, 1.165) is 5.56 Å². The van der Waals surface area contributed by atoms with Crippen LogP contribution < -0.4 is 16.1 Å². The monoisotopic (exact) mass is 407 g/mol. The second kappa shape index (κ2) is 12.2. The van der Waals surface area contributed by atoms with E-state index in [1.807, 2.05) is 44.2 Å². The molecule has 0 spiro atoms. The number of aliphatic hydroxyl groups excluding tert-OH is 1. The van der Waals surface area contributed by atoms with Crippen LogP contribution in [-0.2, 0) is 25.8 Å². The minimum Gasteiger partial charge on any atom is -0.390 e. The zero-order valence-corrected chi connectivity index (χ0v) is 17.8. The van der Waals surface area contributed by atoms with Crippen LogP contribution in [0.2, 0.25) is 0 Å². The molecule has 0 aliphatic heterocycles. The van der Waals surface area contributed by atoms with Gasteiger partial charge in [-0.3, -0.25) is 19.2 Å². The molecule has 29 heavy (non-hydrogen) atoms. The molecule has 0 heterocycles. The average Bonchev–Trinajstić information content (AvgIpc) is 2.64. The van der Waals surface area contributed by atoms with Crippen LogP contribution in [0.3, 0.4) is 0 Å². The average molecular weight is 408 g/mol. The van der Waals surface area contributed by atoms with Crippen molar-refractivity contribution < 1.29 is 24.3 Å². The summed E-state index contributed by atoms with van der Waals surface area (Å²) in [6.07, 6.45) is -0.724. The minimum atomic E-state index is -1.22. The third kappa shape index (κ3) is 9.06. The molecule has 4 N–H and O–H groups in total. The first-order chi connectivity index (χ1) is 13.6. The molecule has 3 atom stereocenters. The van der Waals surface area contributed by atoms with Gasteiger partial charge in [0.15, 0.2) is 0 Å². The van der Waals surface area contributed by atoms with Crippen molar-refractivity contribution >= 4 is 17.7 Å². The fourth-order valence-electron chi connectivity index (χ4n) is 2.72. The number of hydrogen-bond donors (Lipinski definition) is 4. The number of hydrogen-bond acceptors (Lipinski definition) is 5. The van der Waals surface area contributed by atoms with Crippen molar-refractivity contribution in [3.05, 3.63) is 35.9 Å². The highest BCUT2D eigenvalue weighted by molar-refractivity contribution is 5.91. The second-order valence-electron chi connectivity index (χ2n) is 7.84. The molecule has 1 aromatic rings. The zero-order valence-electron chi connectivity index (χ0n) is 17.8. The Labute approximate surface area is 172 Å². The first kappa shape index (κ1) is 24.6. The summed E-state index contributed by atoms with van der Waals surface area (Å²) >= 11 is 0.